The lowest BCUT2D eigenvalue weighted by Crippen LogP contribution is -2.24. The van der Waals surface area contributed by atoms with Crippen LogP contribution < -0.4 is 0 Å². The van der Waals surface area contributed by atoms with Crippen LogP contribution in [0.5, 0.6) is 0 Å². The number of benzene rings is 2. The van der Waals surface area contributed by atoms with Crippen LogP contribution in [0.25, 0.3) is 5.69 Å². The van der Waals surface area contributed by atoms with Gasteiger partial charge in [0.1, 0.15) is 17.3 Å². The predicted molar refractivity (Wildman–Crippen MR) is 118 cm³/mol. The summed E-state index contributed by atoms with van der Waals surface area (Å²) in [6.07, 6.45) is 5.74. The number of carbonyl (C=O) groups excluding carboxylic acids is 2. The van der Waals surface area contributed by atoms with Crippen LogP contribution in [0.15, 0.2) is 60.8 Å². The smallest absolute Gasteiger partial charge is 0.163 e. The summed E-state index contributed by atoms with van der Waals surface area (Å²) in [5.74, 6) is 0.218. The van der Waals surface area contributed by atoms with Crippen LogP contribution in [0.4, 0.5) is 4.39 Å². The summed E-state index contributed by atoms with van der Waals surface area (Å²) in [5.41, 5.74) is 1.66. The van der Waals surface area contributed by atoms with Gasteiger partial charge in [-0.3, -0.25) is 9.59 Å². The Morgan fingerprint density at radius 2 is 1.81 bits per heavy atom. The minimum Gasteiger partial charge on any atom is -0.299 e. The molecule has 0 saturated heterocycles. The first-order valence-corrected chi connectivity index (χ1v) is 11.0. The first-order chi connectivity index (χ1) is 15.0. The van der Waals surface area contributed by atoms with E-state index in [9.17, 15) is 14.0 Å². The van der Waals surface area contributed by atoms with Crippen molar-refractivity contribution in [3.8, 4) is 5.69 Å². The Kier molecular flexibility index (Phi) is 6.62. The van der Waals surface area contributed by atoms with E-state index in [0.717, 1.165) is 25.7 Å². The van der Waals surface area contributed by atoms with Crippen molar-refractivity contribution in [2.75, 3.05) is 0 Å². The van der Waals surface area contributed by atoms with Gasteiger partial charge in [0.2, 0.25) is 0 Å². The third-order valence-corrected chi connectivity index (χ3v) is 6.26. The van der Waals surface area contributed by atoms with E-state index in [0.29, 0.717) is 34.3 Å². The van der Waals surface area contributed by atoms with Crippen LogP contribution in [-0.2, 0) is 11.2 Å². The van der Waals surface area contributed by atoms with Gasteiger partial charge < -0.3 is 0 Å². The van der Waals surface area contributed by atoms with Crippen LogP contribution in [0.1, 0.15) is 48.2 Å². The maximum Gasteiger partial charge on any atom is 0.163 e. The Labute approximate surface area is 186 Å². The van der Waals surface area contributed by atoms with E-state index in [4.69, 9.17) is 11.6 Å². The van der Waals surface area contributed by atoms with Crippen LogP contribution in [0, 0.1) is 17.7 Å². The number of hydrogen-bond acceptors (Lipinski definition) is 3. The van der Waals surface area contributed by atoms with Gasteiger partial charge in [-0.05, 0) is 61.9 Å². The number of Topliss-reactive ketones (excluding diaryl/α,β-unsaturated/α-hetero) is 2. The summed E-state index contributed by atoms with van der Waals surface area (Å²) in [4.78, 5) is 25.3. The normalized spacial score (nSPS) is 18.6. The van der Waals surface area contributed by atoms with Crippen molar-refractivity contribution in [1.82, 2.24) is 9.78 Å². The van der Waals surface area contributed by atoms with Gasteiger partial charge in [-0.25, -0.2) is 9.07 Å². The molecule has 1 aliphatic carbocycles. The van der Waals surface area contributed by atoms with E-state index in [2.05, 4.69) is 5.10 Å². The lowest BCUT2D eigenvalue weighted by atomic mass is 9.77. The number of nitrogens with zero attached hydrogens (tertiary/aromatic N) is 2. The van der Waals surface area contributed by atoms with E-state index in [1.54, 1.807) is 54.7 Å². The molecule has 1 heterocycles. The molecule has 4 rings (SSSR count). The topological polar surface area (TPSA) is 52.0 Å². The predicted octanol–water partition coefficient (Wildman–Crippen LogP) is 5.86. The van der Waals surface area contributed by atoms with Crippen LogP contribution in [0.2, 0.25) is 5.02 Å². The molecule has 0 amide bonds. The average molecular weight is 439 g/mol. The molecule has 6 heteroatoms. The highest BCUT2D eigenvalue weighted by atomic mass is 35.5. The molecule has 0 bridgehead atoms. The lowest BCUT2D eigenvalue weighted by molar-refractivity contribution is -0.123. The fraction of sp³-hybridized carbons (Fsp3) is 0.320. The second-order valence-corrected chi connectivity index (χ2v) is 8.64. The zero-order valence-corrected chi connectivity index (χ0v) is 17.9. The van der Waals surface area contributed by atoms with Gasteiger partial charge >= 0.3 is 0 Å². The number of ketones is 2. The monoisotopic (exact) mass is 438 g/mol. The molecular formula is C25H24ClFN2O2. The van der Waals surface area contributed by atoms with Crippen LogP contribution in [0.3, 0.4) is 0 Å². The second kappa shape index (κ2) is 9.56. The molecule has 0 radical (unpaired) electrons. The molecule has 0 atom stereocenters. The largest absolute Gasteiger partial charge is 0.299 e. The molecule has 31 heavy (non-hydrogen) atoms. The summed E-state index contributed by atoms with van der Waals surface area (Å²) in [5, 5.41) is 4.94. The quantitative estimate of drug-likeness (QED) is 0.434. The van der Waals surface area contributed by atoms with Gasteiger partial charge in [0, 0.05) is 29.1 Å². The molecular weight excluding hydrogens is 415 g/mol. The van der Waals surface area contributed by atoms with Crippen molar-refractivity contribution < 1.29 is 14.0 Å². The van der Waals surface area contributed by atoms with Crippen LogP contribution in [-0.4, -0.2) is 21.3 Å². The number of para-hydroxylation sites is 1. The highest BCUT2D eigenvalue weighted by Gasteiger charge is 2.28. The molecule has 0 aliphatic heterocycles. The summed E-state index contributed by atoms with van der Waals surface area (Å²) >= 11 is 5.98. The molecule has 1 saturated carbocycles. The third-order valence-electron chi connectivity index (χ3n) is 6.02. The Balaban J connectivity index is 1.29. The fourth-order valence-electron chi connectivity index (χ4n) is 4.28. The number of rotatable bonds is 7. The Morgan fingerprint density at radius 1 is 1.03 bits per heavy atom. The van der Waals surface area contributed by atoms with Crippen molar-refractivity contribution in [2.24, 2.45) is 11.8 Å². The van der Waals surface area contributed by atoms with Crippen LogP contribution >= 0.6 is 11.6 Å². The molecule has 0 N–H and O–H groups in total. The fourth-order valence-corrected chi connectivity index (χ4v) is 4.47. The summed E-state index contributed by atoms with van der Waals surface area (Å²) in [6.45, 7) is 0. The Hall–Kier alpha value is -2.79. The molecule has 0 spiro atoms. The van der Waals surface area contributed by atoms with E-state index in [-0.39, 0.29) is 29.7 Å². The average Bonchev–Trinajstić information content (AvgIpc) is 3.22. The van der Waals surface area contributed by atoms with E-state index < -0.39 is 0 Å². The number of carbonyl (C=O) groups is 2. The van der Waals surface area contributed by atoms with Gasteiger partial charge in [0.25, 0.3) is 0 Å². The van der Waals surface area contributed by atoms with Gasteiger partial charge in [-0.1, -0.05) is 35.9 Å². The zero-order valence-electron chi connectivity index (χ0n) is 17.1. The number of aromatic nitrogens is 2. The van der Waals surface area contributed by atoms with E-state index >= 15 is 0 Å². The SMILES string of the molecule is O=C(CC1CCC(C(=O)Cc2ccn(-c3ccccc3F)n2)CC1)c1cccc(Cl)c1. The highest BCUT2D eigenvalue weighted by Crippen LogP contribution is 2.33. The molecule has 4 nitrogen and oxygen atoms in total. The first-order valence-electron chi connectivity index (χ1n) is 10.6. The van der Waals surface area contributed by atoms with Crippen molar-refractivity contribution >= 4 is 23.2 Å². The van der Waals surface area contributed by atoms with Crippen molar-refractivity contribution in [2.45, 2.75) is 38.5 Å². The molecule has 160 valence electrons. The van der Waals surface area contributed by atoms with Gasteiger partial charge in [-0.2, -0.15) is 5.10 Å². The standard InChI is InChI=1S/C25H24ClFN2O2/c26-20-5-3-4-19(15-20)24(30)14-17-8-10-18(11-9-17)25(31)16-21-12-13-29(28-21)23-7-2-1-6-22(23)27/h1-7,12-13,15,17-18H,8-11,14,16H2. The number of hydrogen-bond donors (Lipinski definition) is 0. The molecule has 3 aromatic rings. The molecule has 1 fully saturated rings. The molecule has 1 aromatic heterocycles. The lowest BCUT2D eigenvalue weighted by Gasteiger charge is -2.27. The molecule has 1 aliphatic rings. The van der Waals surface area contributed by atoms with Gasteiger partial charge in [-0.15, -0.1) is 0 Å². The Morgan fingerprint density at radius 3 is 2.55 bits per heavy atom. The van der Waals surface area contributed by atoms with Crippen molar-refractivity contribution in [3.63, 3.8) is 0 Å². The molecule has 2 aromatic carbocycles. The van der Waals surface area contributed by atoms with Crippen molar-refractivity contribution in [3.05, 3.63) is 82.9 Å². The third kappa shape index (κ3) is 5.28. The minimum absolute atomic E-state index is 0.00358. The van der Waals surface area contributed by atoms with E-state index in [1.165, 1.54) is 10.7 Å². The van der Waals surface area contributed by atoms with Gasteiger partial charge in [0.05, 0.1) is 12.1 Å². The maximum atomic E-state index is 13.9. The zero-order chi connectivity index (χ0) is 21.8. The number of halogens is 2. The highest BCUT2D eigenvalue weighted by molar-refractivity contribution is 6.31. The maximum absolute atomic E-state index is 13.9. The summed E-state index contributed by atoms with van der Waals surface area (Å²) in [7, 11) is 0. The minimum atomic E-state index is -0.353. The summed E-state index contributed by atoms with van der Waals surface area (Å²) in [6, 6.07) is 15.2. The van der Waals surface area contributed by atoms with Crippen molar-refractivity contribution in [1.29, 1.82) is 0 Å². The molecule has 0 unspecified atom stereocenters. The summed E-state index contributed by atoms with van der Waals surface area (Å²) < 4.78 is 15.4. The van der Waals surface area contributed by atoms with E-state index in [1.807, 2.05) is 0 Å². The second-order valence-electron chi connectivity index (χ2n) is 8.20. The first kappa shape index (κ1) is 21.4. The van der Waals surface area contributed by atoms with Gasteiger partial charge in [0.15, 0.2) is 5.78 Å². The Bertz CT molecular complexity index is 1090.